The number of phenolic OH excluding ortho intramolecular Hbond substituents is 1. The Morgan fingerprint density at radius 2 is 1.85 bits per heavy atom. The number of benzene rings is 2. The molecule has 0 saturated heterocycles. The van der Waals surface area contributed by atoms with Crippen molar-refractivity contribution in [3.05, 3.63) is 63.7 Å². The van der Waals surface area contributed by atoms with Gasteiger partial charge in [0.25, 0.3) is 0 Å². The molecule has 0 saturated carbocycles. The average Bonchev–Trinajstić information content (AvgIpc) is 2.38. The summed E-state index contributed by atoms with van der Waals surface area (Å²) in [6.45, 7) is 0. The molecule has 1 heterocycles. The molecule has 0 aliphatic heterocycles. The minimum absolute atomic E-state index is 0.00761. The van der Waals surface area contributed by atoms with Gasteiger partial charge in [-0.05, 0) is 36.4 Å². The van der Waals surface area contributed by atoms with Gasteiger partial charge >= 0.3 is 5.63 Å². The van der Waals surface area contributed by atoms with Crippen LogP contribution in [0.25, 0.3) is 22.1 Å². The molecule has 100 valence electrons. The van der Waals surface area contributed by atoms with Crippen molar-refractivity contribution < 1.29 is 13.9 Å². The van der Waals surface area contributed by atoms with E-state index < -0.39 is 11.4 Å². The number of phenols is 1. The number of rotatable bonds is 1. The Balaban J connectivity index is 2.28. The van der Waals surface area contributed by atoms with Gasteiger partial charge in [-0.15, -0.1) is 0 Å². The standard InChI is InChI=1S/C15H8ClFO3/c16-13-6-9(17)2-4-11(13)12-5-8-1-3-10(18)7-14(8)20-15(12)19/h1-7,18H. The van der Waals surface area contributed by atoms with Crippen molar-refractivity contribution in [3.63, 3.8) is 0 Å². The van der Waals surface area contributed by atoms with E-state index in [9.17, 15) is 14.3 Å². The van der Waals surface area contributed by atoms with Crippen molar-refractivity contribution >= 4 is 22.6 Å². The molecular formula is C15H8ClFO3. The van der Waals surface area contributed by atoms with Crippen molar-refractivity contribution in [1.82, 2.24) is 0 Å². The SMILES string of the molecule is O=c1oc2cc(O)ccc2cc1-c1ccc(F)cc1Cl. The lowest BCUT2D eigenvalue weighted by molar-refractivity contribution is 0.473. The second-order valence-electron chi connectivity index (χ2n) is 4.29. The molecule has 0 aliphatic rings. The molecule has 3 nitrogen and oxygen atoms in total. The smallest absolute Gasteiger partial charge is 0.344 e. The lowest BCUT2D eigenvalue weighted by Crippen LogP contribution is -2.03. The number of hydrogen-bond acceptors (Lipinski definition) is 3. The fourth-order valence-corrected chi connectivity index (χ4v) is 2.26. The minimum Gasteiger partial charge on any atom is -0.508 e. The van der Waals surface area contributed by atoms with E-state index in [1.165, 1.54) is 24.3 Å². The summed E-state index contributed by atoms with van der Waals surface area (Å²) in [5.41, 5.74) is 0.318. The first-order valence-corrected chi connectivity index (χ1v) is 6.15. The average molecular weight is 291 g/mol. The molecule has 0 aliphatic carbocycles. The zero-order chi connectivity index (χ0) is 14.3. The summed E-state index contributed by atoms with van der Waals surface area (Å²) in [4.78, 5) is 12.0. The van der Waals surface area contributed by atoms with Crippen molar-refractivity contribution in [2.45, 2.75) is 0 Å². The predicted molar refractivity (Wildman–Crippen MR) is 74.6 cm³/mol. The first kappa shape index (κ1) is 12.7. The van der Waals surface area contributed by atoms with E-state index in [0.717, 1.165) is 6.07 Å². The van der Waals surface area contributed by atoms with Crippen molar-refractivity contribution in [3.8, 4) is 16.9 Å². The van der Waals surface area contributed by atoms with E-state index >= 15 is 0 Å². The Bertz CT molecular complexity index is 871. The molecule has 0 spiro atoms. The third kappa shape index (κ3) is 2.14. The van der Waals surface area contributed by atoms with Gasteiger partial charge in [-0.25, -0.2) is 9.18 Å². The molecule has 3 aromatic rings. The van der Waals surface area contributed by atoms with Crippen LogP contribution in [-0.2, 0) is 0 Å². The van der Waals surface area contributed by atoms with Gasteiger partial charge in [0.2, 0.25) is 0 Å². The number of fused-ring (bicyclic) bond motifs is 1. The Morgan fingerprint density at radius 3 is 2.60 bits per heavy atom. The molecule has 0 amide bonds. The Labute approximate surface area is 117 Å². The Kier molecular flexibility index (Phi) is 2.95. The second-order valence-corrected chi connectivity index (χ2v) is 4.70. The van der Waals surface area contributed by atoms with E-state index in [-0.39, 0.29) is 21.9 Å². The first-order chi connectivity index (χ1) is 9.54. The molecule has 5 heteroatoms. The topological polar surface area (TPSA) is 50.4 Å². The number of hydrogen-bond donors (Lipinski definition) is 1. The van der Waals surface area contributed by atoms with E-state index in [1.807, 2.05) is 0 Å². The zero-order valence-electron chi connectivity index (χ0n) is 10.1. The Morgan fingerprint density at radius 1 is 1.05 bits per heavy atom. The summed E-state index contributed by atoms with van der Waals surface area (Å²) >= 11 is 5.95. The van der Waals surface area contributed by atoms with Crippen LogP contribution < -0.4 is 5.63 Å². The highest BCUT2D eigenvalue weighted by Crippen LogP contribution is 2.29. The van der Waals surface area contributed by atoms with Crippen LogP contribution in [0.5, 0.6) is 5.75 Å². The highest BCUT2D eigenvalue weighted by molar-refractivity contribution is 6.33. The molecule has 2 aromatic carbocycles. The summed E-state index contributed by atoms with van der Waals surface area (Å²) in [5.74, 6) is -0.470. The fourth-order valence-electron chi connectivity index (χ4n) is 2.00. The molecule has 1 aromatic heterocycles. The lowest BCUT2D eigenvalue weighted by atomic mass is 10.1. The molecule has 20 heavy (non-hydrogen) atoms. The lowest BCUT2D eigenvalue weighted by Gasteiger charge is -2.05. The maximum Gasteiger partial charge on any atom is 0.344 e. The predicted octanol–water partition coefficient (Wildman–Crippen LogP) is 3.96. The molecule has 0 unspecified atom stereocenters. The van der Waals surface area contributed by atoms with Gasteiger partial charge in [-0.2, -0.15) is 0 Å². The van der Waals surface area contributed by atoms with Crippen molar-refractivity contribution in [1.29, 1.82) is 0 Å². The second kappa shape index (κ2) is 4.65. The van der Waals surface area contributed by atoms with Gasteiger partial charge in [0.1, 0.15) is 17.1 Å². The zero-order valence-corrected chi connectivity index (χ0v) is 10.8. The van der Waals surface area contributed by atoms with Gasteiger partial charge < -0.3 is 9.52 Å². The van der Waals surface area contributed by atoms with E-state index in [0.29, 0.717) is 10.9 Å². The van der Waals surface area contributed by atoms with Gasteiger partial charge in [0, 0.05) is 17.0 Å². The minimum atomic E-state index is -0.600. The number of halogens is 2. The maximum atomic E-state index is 13.0. The molecule has 3 rings (SSSR count). The van der Waals surface area contributed by atoms with E-state index in [2.05, 4.69) is 0 Å². The van der Waals surface area contributed by atoms with E-state index in [1.54, 1.807) is 12.1 Å². The normalized spacial score (nSPS) is 10.9. The van der Waals surface area contributed by atoms with Crippen LogP contribution >= 0.6 is 11.6 Å². The summed E-state index contributed by atoms with van der Waals surface area (Å²) in [6, 6.07) is 9.84. The number of aromatic hydroxyl groups is 1. The first-order valence-electron chi connectivity index (χ1n) is 5.77. The summed E-state index contributed by atoms with van der Waals surface area (Å²) in [5, 5.41) is 10.1. The van der Waals surface area contributed by atoms with Crippen LogP contribution in [0.3, 0.4) is 0 Å². The van der Waals surface area contributed by atoms with Crippen LogP contribution in [0.4, 0.5) is 4.39 Å². The Hall–Kier alpha value is -2.33. The molecule has 0 atom stereocenters. The largest absolute Gasteiger partial charge is 0.508 e. The molecular weight excluding hydrogens is 283 g/mol. The monoisotopic (exact) mass is 290 g/mol. The maximum absolute atomic E-state index is 13.0. The molecule has 1 N–H and O–H groups in total. The van der Waals surface area contributed by atoms with Gasteiger partial charge in [0.15, 0.2) is 0 Å². The molecule has 0 fully saturated rings. The van der Waals surface area contributed by atoms with Crippen molar-refractivity contribution in [2.75, 3.05) is 0 Å². The molecule has 0 radical (unpaired) electrons. The van der Waals surface area contributed by atoms with Crippen LogP contribution in [0.1, 0.15) is 0 Å². The van der Waals surface area contributed by atoms with Gasteiger partial charge in [-0.3, -0.25) is 0 Å². The van der Waals surface area contributed by atoms with Crippen LogP contribution in [0.15, 0.2) is 51.7 Å². The van der Waals surface area contributed by atoms with Gasteiger partial charge in [-0.1, -0.05) is 11.6 Å². The summed E-state index contributed by atoms with van der Waals surface area (Å²) in [7, 11) is 0. The summed E-state index contributed by atoms with van der Waals surface area (Å²) < 4.78 is 18.2. The highest BCUT2D eigenvalue weighted by atomic mass is 35.5. The van der Waals surface area contributed by atoms with Crippen LogP contribution in [0, 0.1) is 5.82 Å². The third-order valence-electron chi connectivity index (χ3n) is 2.94. The summed E-state index contributed by atoms with van der Waals surface area (Å²) in [6.07, 6.45) is 0. The third-order valence-corrected chi connectivity index (χ3v) is 3.25. The van der Waals surface area contributed by atoms with Crippen molar-refractivity contribution in [2.24, 2.45) is 0 Å². The van der Waals surface area contributed by atoms with Crippen LogP contribution in [-0.4, -0.2) is 5.11 Å². The highest BCUT2D eigenvalue weighted by Gasteiger charge is 2.12. The van der Waals surface area contributed by atoms with E-state index in [4.69, 9.17) is 16.0 Å². The molecule has 0 bridgehead atoms. The quantitative estimate of drug-likeness (QED) is 0.690. The van der Waals surface area contributed by atoms with Crippen LogP contribution in [0.2, 0.25) is 5.02 Å². The van der Waals surface area contributed by atoms with Gasteiger partial charge in [0.05, 0.1) is 10.6 Å². The fraction of sp³-hybridized carbons (Fsp3) is 0.